The molecule has 0 saturated heterocycles. The van der Waals surface area contributed by atoms with Crippen molar-refractivity contribution in [1.29, 1.82) is 0 Å². The van der Waals surface area contributed by atoms with Crippen LogP contribution in [0.5, 0.6) is 5.75 Å². The molecule has 0 bridgehead atoms. The third-order valence-electron chi connectivity index (χ3n) is 4.80. The summed E-state index contributed by atoms with van der Waals surface area (Å²) in [5.74, 6) is -0.0290. The number of pyridine rings is 1. The summed E-state index contributed by atoms with van der Waals surface area (Å²) in [5.41, 5.74) is 0.693. The molecule has 2 aliphatic rings. The molecular formula is C17H16N2O4S. The van der Waals surface area contributed by atoms with Gasteiger partial charge in [-0.25, -0.2) is 13.1 Å². The minimum atomic E-state index is -3.89. The Balaban J connectivity index is 1.56. The maximum Gasteiger partial charge on any atom is 0.265 e. The van der Waals surface area contributed by atoms with Crippen molar-refractivity contribution < 1.29 is 17.9 Å². The Kier molecular flexibility index (Phi) is 3.35. The fourth-order valence-corrected chi connectivity index (χ4v) is 4.46. The first-order valence-electron chi connectivity index (χ1n) is 7.72. The number of aromatic nitrogens is 1. The van der Waals surface area contributed by atoms with Crippen molar-refractivity contribution in [2.75, 3.05) is 6.61 Å². The van der Waals surface area contributed by atoms with Gasteiger partial charge in [-0.2, -0.15) is 0 Å². The number of nitrogens with one attached hydrogen (secondary N) is 1. The number of sulfonamides is 1. The first kappa shape index (κ1) is 15.1. The van der Waals surface area contributed by atoms with E-state index in [1.54, 1.807) is 0 Å². The Bertz CT molecular complexity index is 898. The van der Waals surface area contributed by atoms with Crippen molar-refractivity contribution in [1.82, 2.24) is 9.71 Å². The van der Waals surface area contributed by atoms with Gasteiger partial charge in [-0.15, -0.1) is 0 Å². The van der Waals surface area contributed by atoms with Gasteiger partial charge in [-0.1, -0.05) is 18.2 Å². The molecule has 1 saturated carbocycles. The lowest BCUT2D eigenvalue weighted by atomic mass is 9.87. The standard InChI is InChI=1S/C17H16N2O4S/c20-16(19-24(21,22)12-4-3-8-18-11-12)14-10-17(14)7-9-23-15-6-2-1-5-13(15)17/h1-6,8,11,14H,7,9-10H2,(H,19,20)/t14-,17-/m0/s1. The molecular weight excluding hydrogens is 328 g/mol. The third-order valence-corrected chi connectivity index (χ3v) is 6.13. The predicted molar refractivity (Wildman–Crippen MR) is 85.9 cm³/mol. The molecule has 2 atom stereocenters. The van der Waals surface area contributed by atoms with Gasteiger partial charge in [0.2, 0.25) is 5.91 Å². The van der Waals surface area contributed by atoms with E-state index in [9.17, 15) is 13.2 Å². The largest absolute Gasteiger partial charge is 0.493 e. The second-order valence-electron chi connectivity index (χ2n) is 6.17. The topological polar surface area (TPSA) is 85.4 Å². The van der Waals surface area contributed by atoms with Crippen LogP contribution in [0, 0.1) is 5.92 Å². The normalized spacial score (nSPS) is 24.8. The lowest BCUT2D eigenvalue weighted by molar-refractivity contribution is -0.121. The lowest BCUT2D eigenvalue weighted by Crippen LogP contribution is -2.35. The smallest absolute Gasteiger partial charge is 0.265 e. The number of benzene rings is 1. The predicted octanol–water partition coefficient (Wildman–Crippen LogP) is 1.63. The molecule has 2 heterocycles. The minimum absolute atomic E-state index is 0.0135. The van der Waals surface area contributed by atoms with Gasteiger partial charge in [0.25, 0.3) is 10.0 Å². The molecule has 1 aliphatic heterocycles. The molecule has 0 radical (unpaired) electrons. The van der Waals surface area contributed by atoms with Crippen LogP contribution in [0.4, 0.5) is 0 Å². The Hall–Kier alpha value is -2.41. The monoisotopic (exact) mass is 344 g/mol. The molecule has 6 nitrogen and oxygen atoms in total. The van der Waals surface area contributed by atoms with E-state index in [2.05, 4.69) is 9.71 Å². The molecule has 0 unspecified atom stereocenters. The van der Waals surface area contributed by atoms with Crippen LogP contribution in [-0.2, 0) is 20.2 Å². The van der Waals surface area contributed by atoms with Crippen LogP contribution in [0.15, 0.2) is 53.7 Å². The van der Waals surface area contributed by atoms with Gasteiger partial charge >= 0.3 is 0 Å². The lowest BCUT2D eigenvalue weighted by Gasteiger charge is -2.26. The Morgan fingerprint density at radius 1 is 1.25 bits per heavy atom. The van der Waals surface area contributed by atoms with E-state index in [1.807, 2.05) is 24.3 Å². The van der Waals surface area contributed by atoms with Crippen LogP contribution in [0.3, 0.4) is 0 Å². The summed E-state index contributed by atoms with van der Waals surface area (Å²) in [6, 6.07) is 10.6. The number of para-hydroxylation sites is 1. The summed E-state index contributed by atoms with van der Waals surface area (Å²) < 4.78 is 32.4. The quantitative estimate of drug-likeness (QED) is 0.915. The number of amides is 1. The van der Waals surface area contributed by atoms with Crippen molar-refractivity contribution in [2.45, 2.75) is 23.2 Å². The van der Waals surface area contributed by atoms with Gasteiger partial charge in [0.05, 0.1) is 6.61 Å². The molecule has 1 N–H and O–H groups in total. The molecule has 1 spiro atoms. The molecule has 1 aromatic heterocycles. The summed E-state index contributed by atoms with van der Waals surface area (Å²) in [7, 11) is -3.89. The van der Waals surface area contributed by atoms with Gasteiger partial charge in [0.1, 0.15) is 10.6 Å². The van der Waals surface area contributed by atoms with Crippen LogP contribution in [0.1, 0.15) is 18.4 Å². The highest BCUT2D eigenvalue weighted by Gasteiger charge is 2.61. The average Bonchev–Trinajstić information content (AvgIpc) is 3.31. The van der Waals surface area contributed by atoms with Gasteiger partial charge in [0.15, 0.2) is 0 Å². The second-order valence-corrected chi connectivity index (χ2v) is 7.85. The fourth-order valence-electron chi connectivity index (χ4n) is 3.47. The number of rotatable bonds is 3. The Labute approximate surface area is 139 Å². The van der Waals surface area contributed by atoms with Gasteiger partial charge in [0, 0.05) is 29.3 Å². The summed E-state index contributed by atoms with van der Waals surface area (Å²) in [4.78, 5) is 16.3. The summed E-state index contributed by atoms with van der Waals surface area (Å²) in [6.07, 6.45) is 4.06. The molecule has 1 aliphatic carbocycles. The number of fused-ring (bicyclic) bond motifs is 2. The second kappa shape index (κ2) is 5.31. The van der Waals surface area contributed by atoms with Crippen LogP contribution < -0.4 is 9.46 Å². The van der Waals surface area contributed by atoms with Crippen molar-refractivity contribution in [3.63, 3.8) is 0 Å². The van der Waals surface area contributed by atoms with E-state index < -0.39 is 15.9 Å². The molecule has 24 heavy (non-hydrogen) atoms. The molecule has 4 rings (SSSR count). The summed E-state index contributed by atoms with van der Waals surface area (Å²) >= 11 is 0. The van der Waals surface area contributed by atoms with Gasteiger partial charge < -0.3 is 4.74 Å². The number of hydrogen-bond donors (Lipinski definition) is 1. The Morgan fingerprint density at radius 3 is 2.88 bits per heavy atom. The summed E-state index contributed by atoms with van der Waals surface area (Å²) in [5, 5.41) is 0. The highest BCUT2D eigenvalue weighted by atomic mass is 32.2. The first-order valence-corrected chi connectivity index (χ1v) is 9.20. The average molecular weight is 344 g/mol. The molecule has 1 fully saturated rings. The number of carbonyl (C=O) groups is 1. The number of carbonyl (C=O) groups excluding carboxylic acids is 1. The van der Waals surface area contributed by atoms with E-state index >= 15 is 0 Å². The SMILES string of the molecule is O=C(NS(=O)(=O)c1cccnc1)[C@@H]1C[C@]12CCOc1ccccc12. The van der Waals surface area contributed by atoms with Gasteiger partial charge in [-0.3, -0.25) is 9.78 Å². The third kappa shape index (κ3) is 2.36. The van der Waals surface area contributed by atoms with E-state index in [1.165, 1.54) is 24.5 Å². The fraction of sp³-hybridized carbons (Fsp3) is 0.294. The molecule has 1 aromatic carbocycles. The van der Waals surface area contributed by atoms with E-state index in [4.69, 9.17) is 4.74 Å². The van der Waals surface area contributed by atoms with Crippen LogP contribution in [0.2, 0.25) is 0 Å². The molecule has 124 valence electrons. The van der Waals surface area contributed by atoms with Crippen LogP contribution in [0.25, 0.3) is 0 Å². The van der Waals surface area contributed by atoms with Crippen molar-refractivity contribution in [3.05, 3.63) is 54.4 Å². The number of nitrogens with zero attached hydrogens (tertiary/aromatic N) is 1. The Morgan fingerprint density at radius 2 is 2.08 bits per heavy atom. The van der Waals surface area contributed by atoms with Crippen LogP contribution >= 0.6 is 0 Å². The summed E-state index contributed by atoms with van der Waals surface area (Å²) in [6.45, 7) is 0.538. The van der Waals surface area contributed by atoms with Crippen molar-refractivity contribution >= 4 is 15.9 Å². The zero-order valence-corrected chi connectivity index (χ0v) is 13.6. The number of hydrogen-bond acceptors (Lipinski definition) is 5. The molecule has 2 aromatic rings. The first-order chi connectivity index (χ1) is 11.5. The number of ether oxygens (including phenoxy) is 1. The van der Waals surface area contributed by atoms with E-state index in [-0.39, 0.29) is 16.2 Å². The maximum atomic E-state index is 12.5. The van der Waals surface area contributed by atoms with Gasteiger partial charge in [-0.05, 0) is 31.0 Å². The van der Waals surface area contributed by atoms with Crippen molar-refractivity contribution in [3.8, 4) is 5.75 Å². The highest BCUT2D eigenvalue weighted by Crippen LogP contribution is 2.60. The maximum absolute atomic E-state index is 12.5. The minimum Gasteiger partial charge on any atom is -0.493 e. The zero-order chi connectivity index (χ0) is 16.8. The van der Waals surface area contributed by atoms with Crippen molar-refractivity contribution in [2.24, 2.45) is 5.92 Å². The molecule has 7 heteroatoms. The van der Waals surface area contributed by atoms with E-state index in [0.717, 1.165) is 17.7 Å². The molecule has 1 amide bonds. The van der Waals surface area contributed by atoms with E-state index in [0.29, 0.717) is 13.0 Å². The van der Waals surface area contributed by atoms with Crippen LogP contribution in [-0.4, -0.2) is 25.9 Å². The highest BCUT2D eigenvalue weighted by molar-refractivity contribution is 7.90. The zero-order valence-electron chi connectivity index (χ0n) is 12.8.